The van der Waals surface area contributed by atoms with Crippen LogP contribution in [0.5, 0.6) is 5.75 Å². The van der Waals surface area contributed by atoms with Gasteiger partial charge in [0.05, 0.1) is 17.2 Å². The maximum absolute atomic E-state index is 12.3. The molecule has 0 atom stereocenters. The molecule has 3 N–H and O–H groups in total. The molecule has 7 heteroatoms. The second-order valence-corrected chi connectivity index (χ2v) is 6.55. The molecule has 0 aliphatic rings. The van der Waals surface area contributed by atoms with Gasteiger partial charge in [-0.25, -0.2) is 10.4 Å². The minimum Gasteiger partial charge on any atom is -0.508 e. The number of hydrogen-bond donors (Lipinski definition) is 3. The highest BCUT2D eigenvalue weighted by atomic mass is 35.5. The number of aromatic hydroxyl groups is 1. The Bertz CT molecular complexity index is 1180. The SMILES string of the molecule is O=C(N/N=C/c1cccc(O)c1)c1ccc2nc(-c3ccc(Cl)cc3)[nH]c2c1. The molecule has 0 bridgehead atoms. The summed E-state index contributed by atoms with van der Waals surface area (Å²) in [4.78, 5) is 20.1. The van der Waals surface area contributed by atoms with Crippen LogP contribution >= 0.6 is 11.6 Å². The third kappa shape index (κ3) is 3.87. The number of phenolic OH excluding ortho intramolecular Hbond substituents is 1. The zero-order chi connectivity index (χ0) is 19.5. The molecule has 0 saturated heterocycles. The number of rotatable bonds is 4. The molecule has 138 valence electrons. The van der Waals surface area contributed by atoms with Crippen LogP contribution in [0.1, 0.15) is 15.9 Å². The second-order valence-electron chi connectivity index (χ2n) is 6.12. The topological polar surface area (TPSA) is 90.4 Å². The molecule has 6 nitrogen and oxygen atoms in total. The number of aromatic amines is 1. The predicted molar refractivity (Wildman–Crippen MR) is 110 cm³/mol. The first-order valence-corrected chi connectivity index (χ1v) is 8.84. The van der Waals surface area contributed by atoms with Gasteiger partial charge in [0.2, 0.25) is 0 Å². The Balaban J connectivity index is 1.52. The summed E-state index contributed by atoms with van der Waals surface area (Å²) in [6.07, 6.45) is 1.46. The summed E-state index contributed by atoms with van der Waals surface area (Å²) in [5.74, 6) is 0.489. The van der Waals surface area contributed by atoms with E-state index in [1.807, 2.05) is 12.1 Å². The van der Waals surface area contributed by atoms with Gasteiger partial charge < -0.3 is 10.1 Å². The number of halogens is 1. The van der Waals surface area contributed by atoms with Gasteiger partial charge in [0.1, 0.15) is 11.6 Å². The smallest absolute Gasteiger partial charge is 0.271 e. The van der Waals surface area contributed by atoms with E-state index in [9.17, 15) is 9.90 Å². The minimum absolute atomic E-state index is 0.136. The molecule has 4 rings (SSSR count). The first-order valence-electron chi connectivity index (χ1n) is 8.47. The number of fused-ring (bicyclic) bond motifs is 1. The van der Waals surface area contributed by atoms with Crippen molar-refractivity contribution in [2.75, 3.05) is 0 Å². The van der Waals surface area contributed by atoms with Gasteiger partial charge in [-0.15, -0.1) is 0 Å². The summed E-state index contributed by atoms with van der Waals surface area (Å²) in [7, 11) is 0. The van der Waals surface area contributed by atoms with E-state index in [2.05, 4.69) is 20.5 Å². The summed E-state index contributed by atoms with van der Waals surface area (Å²) >= 11 is 5.92. The van der Waals surface area contributed by atoms with E-state index in [1.54, 1.807) is 54.6 Å². The molecule has 1 amide bonds. The molecule has 1 heterocycles. The zero-order valence-corrected chi connectivity index (χ0v) is 15.3. The first kappa shape index (κ1) is 17.8. The highest BCUT2D eigenvalue weighted by Crippen LogP contribution is 2.22. The van der Waals surface area contributed by atoms with Crippen LogP contribution in [0.2, 0.25) is 5.02 Å². The van der Waals surface area contributed by atoms with Crippen molar-refractivity contribution < 1.29 is 9.90 Å². The Labute approximate surface area is 165 Å². The van der Waals surface area contributed by atoms with Gasteiger partial charge in [-0.3, -0.25) is 4.79 Å². The highest BCUT2D eigenvalue weighted by molar-refractivity contribution is 6.30. The van der Waals surface area contributed by atoms with E-state index in [0.29, 0.717) is 22.0 Å². The van der Waals surface area contributed by atoms with Gasteiger partial charge >= 0.3 is 0 Å². The van der Waals surface area contributed by atoms with Crippen molar-refractivity contribution in [3.05, 3.63) is 82.9 Å². The van der Waals surface area contributed by atoms with Crippen molar-refractivity contribution >= 4 is 34.8 Å². The molecule has 0 radical (unpaired) electrons. The first-order chi connectivity index (χ1) is 13.6. The van der Waals surface area contributed by atoms with Crippen LogP contribution in [0.4, 0.5) is 0 Å². The van der Waals surface area contributed by atoms with Crippen molar-refractivity contribution in [2.24, 2.45) is 5.10 Å². The Morgan fingerprint density at radius 3 is 2.71 bits per heavy atom. The number of carbonyl (C=O) groups excluding carboxylic acids is 1. The summed E-state index contributed by atoms with van der Waals surface area (Å²) in [5, 5.41) is 14.0. The fourth-order valence-corrected chi connectivity index (χ4v) is 2.86. The van der Waals surface area contributed by atoms with Gasteiger partial charge in [-0.05, 0) is 60.2 Å². The number of hydrazone groups is 1. The molecule has 0 fully saturated rings. The maximum atomic E-state index is 12.3. The lowest BCUT2D eigenvalue weighted by Gasteiger charge is -2.00. The number of benzene rings is 3. The monoisotopic (exact) mass is 390 g/mol. The average molecular weight is 391 g/mol. The highest BCUT2D eigenvalue weighted by Gasteiger charge is 2.09. The molecule has 0 saturated carbocycles. The fraction of sp³-hybridized carbons (Fsp3) is 0. The Kier molecular flexibility index (Phi) is 4.78. The van der Waals surface area contributed by atoms with Gasteiger partial charge in [0, 0.05) is 16.1 Å². The van der Waals surface area contributed by atoms with Crippen molar-refractivity contribution in [1.29, 1.82) is 0 Å². The number of imidazole rings is 1. The third-order valence-corrected chi connectivity index (χ3v) is 4.36. The number of phenols is 1. The van der Waals surface area contributed by atoms with Gasteiger partial charge in [0.25, 0.3) is 5.91 Å². The lowest BCUT2D eigenvalue weighted by molar-refractivity contribution is 0.0955. The number of hydrogen-bond acceptors (Lipinski definition) is 4. The van der Waals surface area contributed by atoms with Crippen molar-refractivity contribution in [2.45, 2.75) is 0 Å². The van der Waals surface area contributed by atoms with Crippen LogP contribution < -0.4 is 5.43 Å². The van der Waals surface area contributed by atoms with Crippen LogP contribution in [0.25, 0.3) is 22.4 Å². The fourth-order valence-electron chi connectivity index (χ4n) is 2.73. The number of amides is 1. The van der Waals surface area contributed by atoms with E-state index >= 15 is 0 Å². The van der Waals surface area contributed by atoms with Crippen LogP contribution in [0.3, 0.4) is 0 Å². The quantitative estimate of drug-likeness (QED) is 0.357. The summed E-state index contributed by atoms with van der Waals surface area (Å²) in [6.45, 7) is 0. The summed E-state index contributed by atoms with van der Waals surface area (Å²) in [5.41, 5.74) is 6.01. The van der Waals surface area contributed by atoms with Gasteiger partial charge in [-0.1, -0.05) is 23.7 Å². The normalized spacial score (nSPS) is 11.2. The van der Waals surface area contributed by atoms with Crippen LogP contribution in [-0.4, -0.2) is 27.2 Å². The van der Waals surface area contributed by atoms with Crippen molar-refractivity contribution in [3.63, 3.8) is 0 Å². The van der Waals surface area contributed by atoms with Crippen LogP contribution in [-0.2, 0) is 0 Å². The number of aromatic nitrogens is 2. The molecule has 0 spiro atoms. The number of carbonyl (C=O) groups is 1. The lowest BCUT2D eigenvalue weighted by atomic mass is 10.2. The van der Waals surface area contributed by atoms with Gasteiger partial charge in [-0.2, -0.15) is 5.10 Å². The predicted octanol–water partition coefficient (Wildman–Crippen LogP) is 4.35. The molecule has 0 aliphatic carbocycles. The molecular weight excluding hydrogens is 376 g/mol. The molecule has 0 unspecified atom stereocenters. The number of nitrogens with one attached hydrogen (secondary N) is 2. The molecule has 0 aliphatic heterocycles. The summed E-state index contributed by atoms with van der Waals surface area (Å²) < 4.78 is 0. The maximum Gasteiger partial charge on any atom is 0.271 e. The lowest BCUT2D eigenvalue weighted by Crippen LogP contribution is -2.17. The van der Waals surface area contributed by atoms with Crippen molar-refractivity contribution in [3.8, 4) is 17.1 Å². The van der Waals surface area contributed by atoms with Crippen LogP contribution in [0.15, 0.2) is 71.8 Å². The molecule has 1 aromatic heterocycles. The van der Waals surface area contributed by atoms with Crippen molar-refractivity contribution in [1.82, 2.24) is 15.4 Å². The summed E-state index contributed by atoms with van der Waals surface area (Å²) in [6, 6.07) is 19.1. The van der Waals surface area contributed by atoms with E-state index in [-0.39, 0.29) is 11.7 Å². The standard InChI is InChI=1S/C21H15ClN4O2/c22-16-7-4-14(5-8-16)20-24-18-9-6-15(11-19(18)25-20)21(28)26-23-12-13-2-1-3-17(27)10-13/h1-12,27H,(H,24,25)(H,26,28)/b23-12+. The van der Waals surface area contributed by atoms with E-state index < -0.39 is 0 Å². The second kappa shape index (κ2) is 7.54. The van der Waals surface area contributed by atoms with E-state index in [1.165, 1.54) is 6.21 Å². The number of H-pyrrole nitrogens is 1. The van der Waals surface area contributed by atoms with E-state index in [4.69, 9.17) is 11.6 Å². The van der Waals surface area contributed by atoms with Crippen LogP contribution in [0, 0.1) is 0 Å². The molecular formula is C21H15ClN4O2. The Hall–Kier alpha value is -3.64. The Morgan fingerprint density at radius 1 is 1.11 bits per heavy atom. The zero-order valence-electron chi connectivity index (χ0n) is 14.6. The molecule has 28 heavy (non-hydrogen) atoms. The Morgan fingerprint density at radius 2 is 1.93 bits per heavy atom. The average Bonchev–Trinajstić information content (AvgIpc) is 3.12. The molecule has 4 aromatic rings. The largest absolute Gasteiger partial charge is 0.508 e. The number of nitrogens with zero attached hydrogens (tertiary/aromatic N) is 2. The van der Waals surface area contributed by atoms with Gasteiger partial charge in [0.15, 0.2) is 0 Å². The minimum atomic E-state index is -0.346. The third-order valence-electron chi connectivity index (χ3n) is 4.11. The van der Waals surface area contributed by atoms with E-state index in [0.717, 1.165) is 16.6 Å². The molecule has 3 aromatic carbocycles.